The Morgan fingerprint density at radius 2 is 1.93 bits per heavy atom. The molecule has 9 nitrogen and oxygen atoms in total. The third kappa shape index (κ3) is 6.74. The summed E-state index contributed by atoms with van der Waals surface area (Å²) in [7, 11) is 0. The molecule has 2 N–H and O–H groups in total. The average Bonchev–Trinajstić information content (AvgIpc) is 3.71. The second-order valence-corrected chi connectivity index (χ2v) is 13.5. The van der Waals surface area contributed by atoms with Crippen LogP contribution in [0.4, 0.5) is 5.00 Å². The van der Waals surface area contributed by atoms with Crippen molar-refractivity contribution in [1.29, 1.82) is 0 Å². The van der Waals surface area contributed by atoms with E-state index >= 15 is 0 Å². The molecule has 3 aromatic heterocycles. The van der Waals surface area contributed by atoms with E-state index < -0.39 is 11.2 Å². The van der Waals surface area contributed by atoms with Crippen LogP contribution < -0.4 is 10.6 Å². The summed E-state index contributed by atoms with van der Waals surface area (Å²) < 4.78 is 8.08. The largest absolute Gasteiger partial charge is 0.462 e. The Morgan fingerprint density at radius 3 is 2.66 bits per heavy atom. The van der Waals surface area contributed by atoms with Crippen LogP contribution in [-0.4, -0.2) is 44.4 Å². The second kappa shape index (κ2) is 13.3. The zero-order valence-corrected chi connectivity index (χ0v) is 26.5. The number of nitrogens with one attached hydrogen (secondary N) is 2. The highest BCUT2D eigenvalue weighted by atomic mass is 79.9. The van der Waals surface area contributed by atoms with E-state index in [-0.39, 0.29) is 25.0 Å². The van der Waals surface area contributed by atoms with E-state index in [1.807, 2.05) is 40.3 Å². The van der Waals surface area contributed by atoms with Gasteiger partial charge >= 0.3 is 5.97 Å². The fourth-order valence-corrected chi connectivity index (χ4v) is 7.56. The first-order valence-electron chi connectivity index (χ1n) is 13.2. The molecule has 0 radical (unpaired) electrons. The van der Waals surface area contributed by atoms with Gasteiger partial charge in [0, 0.05) is 15.0 Å². The maximum Gasteiger partial charge on any atom is 0.341 e. The van der Waals surface area contributed by atoms with Crippen molar-refractivity contribution in [3.63, 3.8) is 0 Å². The van der Waals surface area contributed by atoms with Crippen LogP contribution in [-0.2, 0) is 28.9 Å². The fraction of sp³-hybridized carbons (Fsp3) is 0.321. The Hall–Kier alpha value is -3.00. The van der Waals surface area contributed by atoms with Gasteiger partial charge in [0.25, 0.3) is 5.91 Å². The number of carbonyl (C=O) groups is 3. The molecule has 2 amide bonds. The number of ether oxygens (including phenoxy) is 1. The molecule has 0 aliphatic heterocycles. The van der Waals surface area contributed by atoms with Crippen molar-refractivity contribution in [3.8, 4) is 5.69 Å². The number of thioether (sulfide) groups is 1. The average molecular weight is 675 g/mol. The number of nitrogens with zero attached hydrogens (tertiary/aromatic N) is 3. The lowest BCUT2D eigenvalue weighted by molar-refractivity contribution is -0.115. The Morgan fingerprint density at radius 1 is 1.15 bits per heavy atom. The molecule has 0 bridgehead atoms. The molecule has 1 aromatic carbocycles. The summed E-state index contributed by atoms with van der Waals surface area (Å²) in [6.07, 6.45) is 3.78. The molecule has 1 atom stereocenters. The molecule has 0 fully saturated rings. The van der Waals surface area contributed by atoms with E-state index in [4.69, 9.17) is 4.74 Å². The number of aromatic nitrogens is 3. The van der Waals surface area contributed by atoms with Crippen molar-refractivity contribution in [2.75, 3.05) is 11.9 Å². The highest BCUT2D eigenvalue weighted by Gasteiger charge is 2.29. The van der Waals surface area contributed by atoms with E-state index in [9.17, 15) is 14.4 Å². The predicted molar refractivity (Wildman–Crippen MR) is 165 cm³/mol. The first-order valence-corrected chi connectivity index (χ1v) is 16.5. The van der Waals surface area contributed by atoms with Gasteiger partial charge < -0.3 is 15.4 Å². The molecular weight excluding hydrogens is 646 g/mol. The van der Waals surface area contributed by atoms with Crippen LogP contribution in [0.3, 0.4) is 0 Å². The normalized spacial score (nSPS) is 13.3. The zero-order valence-electron chi connectivity index (χ0n) is 22.4. The molecule has 4 aromatic rings. The van der Waals surface area contributed by atoms with Gasteiger partial charge in [-0.1, -0.05) is 33.8 Å². The summed E-state index contributed by atoms with van der Waals surface area (Å²) in [4.78, 5) is 40.5. The summed E-state index contributed by atoms with van der Waals surface area (Å²) in [6, 6.07) is 11.2. The molecule has 1 aliphatic carbocycles. The predicted octanol–water partition coefficient (Wildman–Crippen LogP) is 6.26. The van der Waals surface area contributed by atoms with Crippen LogP contribution >= 0.6 is 50.4 Å². The molecule has 13 heteroatoms. The van der Waals surface area contributed by atoms with Gasteiger partial charge in [-0.15, -0.1) is 32.9 Å². The minimum absolute atomic E-state index is 0.157. The van der Waals surface area contributed by atoms with Gasteiger partial charge in [0.2, 0.25) is 5.91 Å². The molecule has 0 saturated heterocycles. The molecule has 0 unspecified atom stereocenters. The minimum atomic E-state index is -0.559. The molecule has 214 valence electrons. The molecule has 0 saturated carbocycles. The number of thiophene rings is 2. The van der Waals surface area contributed by atoms with Crippen molar-refractivity contribution in [1.82, 2.24) is 20.1 Å². The van der Waals surface area contributed by atoms with Gasteiger partial charge in [-0.3, -0.25) is 14.2 Å². The third-order valence-corrected chi connectivity index (χ3v) is 10.1. The second-order valence-electron chi connectivity index (χ2n) is 9.26. The molecule has 1 aliphatic rings. The van der Waals surface area contributed by atoms with E-state index in [1.54, 1.807) is 19.9 Å². The first-order chi connectivity index (χ1) is 19.9. The van der Waals surface area contributed by atoms with Gasteiger partial charge in [0.15, 0.2) is 11.0 Å². The van der Waals surface area contributed by atoms with Crippen LogP contribution in [0.2, 0.25) is 0 Å². The number of hydrogen-bond donors (Lipinski definition) is 2. The van der Waals surface area contributed by atoms with Crippen LogP contribution in [0.25, 0.3) is 5.69 Å². The maximum atomic E-state index is 13.4. The van der Waals surface area contributed by atoms with Crippen molar-refractivity contribution < 1.29 is 19.1 Å². The highest BCUT2D eigenvalue weighted by molar-refractivity contribution is 9.10. The number of halogens is 1. The molecule has 0 spiro atoms. The topological polar surface area (TPSA) is 115 Å². The SMILES string of the molecule is CCOC(=O)c1c(NC(=O)[C@@H](C)Sc2nnc(CNC(=O)c3cccs3)n2-c2ccc(Br)cc2)sc2c1CCCC2. The number of anilines is 1. The Bertz CT molecular complexity index is 1550. The van der Waals surface area contributed by atoms with E-state index in [2.05, 4.69) is 36.8 Å². The number of aryl methyl sites for hydroxylation is 1. The molecular formula is C28H28BrN5O4S3. The van der Waals surface area contributed by atoms with Crippen molar-refractivity contribution in [2.45, 2.75) is 56.5 Å². The lowest BCUT2D eigenvalue weighted by Crippen LogP contribution is -2.25. The first kappa shape index (κ1) is 29.5. The number of rotatable bonds is 10. The van der Waals surface area contributed by atoms with E-state index in [0.29, 0.717) is 26.4 Å². The molecule has 5 rings (SSSR count). The number of hydrogen-bond acceptors (Lipinski definition) is 9. The van der Waals surface area contributed by atoms with Crippen molar-refractivity contribution >= 4 is 73.2 Å². The summed E-state index contributed by atoms with van der Waals surface area (Å²) in [5.41, 5.74) is 2.28. The van der Waals surface area contributed by atoms with Crippen LogP contribution in [0, 0.1) is 0 Å². The third-order valence-electron chi connectivity index (χ3n) is 6.48. The number of amides is 2. The summed E-state index contributed by atoms with van der Waals surface area (Å²) in [5, 5.41) is 17.0. The standard InChI is InChI=1S/C28H28BrN5O4S3/c1-3-38-27(37)23-19-7-4-5-8-20(19)41-26(23)31-24(35)16(2)40-28-33-32-22(15-30-25(36)21-9-6-14-39-21)34(28)18-12-10-17(29)11-13-18/h6,9-14,16H,3-5,7-8,15H2,1-2H3,(H,30,36)(H,31,35)/t16-/m1/s1. The summed E-state index contributed by atoms with van der Waals surface area (Å²) in [5.74, 6) is -0.310. The summed E-state index contributed by atoms with van der Waals surface area (Å²) >= 11 is 7.55. The quantitative estimate of drug-likeness (QED) is 0.151. The molecule has 41 heavy (non-hydrogen) atoms. The van der Waals surface area contributed by atoms with Crippen molar-refractivity contribution in [3.05, 3.63) is 73.0 Å². The molecule has 3 heterocycles. The van der Waals surface area contributed by atoms with Gasteiger partial charge in [0.1, 0.15) is 5.00 Å². The smallest absolute Gasteiger partial charge is 0.341 e. The Labute approximate surface area is 258 Å². The number of carbonyl (C=O) groups excluding carboxylic acids is 3. The van der Waals surface area contributed by atoms with Crippen LogP contribution in [0.1, 0.15) is 63.0 Å². The Kier molecular flexibility index (Phi) is 9.58. The van der Waals surface area contributed by atoms with Crippen LogP contribution in [0.5, 0.6) is 0 Å². The maximum absolute atomic E-state index is 13.4. The number of esters is 1. The monoisotopic (exact) mass is 673 g/mol. The van der Waals surface area contributed by atoms with Gasteiger partial charge in [0.05, 0.1) is 28.8 Å². The minimum Gasteiger partial charge on any atom is -0.462 e. The summed E-state index contributed by atoms with van der Waals surface area (Å²) in [6.45, 7) is 3.99. The van der Waals surface area contributed by atoms with E-state index in [1.165, 1.54) is 34.4 Å². The van der Waals surface area contributed by atoms with Gasteiger partial charge in [-0.25, -0.2) is 4.79 Å². The number of fused-ring (bicyclic) bond motifs is 1. The van der Waals surface area contributed by atoms with Gasteiger partial charge in [-0.05, 0) is 80.8 Å². The Balaban J connectivity index is 1.36. The van der Waals surface area contributed by atoms with Crippen molar-refractivity contribution in [2.24, 2.45) is 0 Å². The zero-order chi connectivity index (χ0) is 28.9. The lowest BCUT2D eigenvalue weighted by Gasteiger charge is -2.15. The van der Waals surface area contributed by atoms with Gasteiger partial charge in [-0.2, -0.15) is 0 Å². The fourth-order valence-electron chi connectivity index (χ4n) is 4.49. The number of benzene rings is 1. The van der Waals surface area contributed by atoms with E-state index in [0.717, 1.165) is 46.3 Å². The van der Waals surface area contributed by atoms with Crippen LogP contribution in [0.15, 0.2) is 51.4 Å². The lowest BCUT2D eigenvalue weighted by atomic mass is 9.95. The highest BCUT2D eigenvalue weighted by Crippen LogP contribution is 2.39.